The Balaban J connectivity index is 1.35. The molecule has 12 heteroatoms. The molecule has 1 N–H and O–H groups in total. The van der Waals surface area contributed by atoms with Gasteiger partial charge in [0, 0.05) is 38.6 Å². The fourth-order valence-corrected chi connectivity index (χ4v) is 3.80. The number of alkyl halides is 2. The third-order valence-electron chi connectivity index (χ3n) is 5.52. The van der Waals surface area contributed by atoms with Crippen LogP contribution in [-0.4, -0.2) is 73.9 Å². The number of amides is 2. The van der Waals surface area contributed by atoms with Crippen LogP contribution < -0.4 is 15.1 Å². The number of halogens is 3. The largest absolute Gasteiger partial charge is 0.442 e. The van der Waals surface area contributed by atoms with Gasteiger partial charge in [0.05, 0.1) is 31.1 Å². The number of aromatic nitrogens is 1. The maximum atomic E-state index is 15.0. The molecule has 2 aromatic rings. The highest BCUT2D eigenvalue weighted by Crippen LogP contribution is 2.28. The van der Waals surface area contributed by atoms with Gasteiger partial charge in [0.15, 0.2) is 0 Å². The van der Waals surface area contributed by atoms with E-state index in [0.29, 0.717) is 38.5 Å². The van der Waals surface area contributed by atoms with Crippen LogP contribution in [0.3, 0.4) is 0 Å². The van der Waals surface area contributed by atoms with Crippen LogP contribution in [0.2, 0.25) is 0 Å². The number of ether oxygens (including phenoxy) is 1. The molecule has 1 atom stereocenters. The van der Waals surface area contributed by atoms with Crippen molar-refractivity contribution >= 4 is 23.4 Å². The first-order chi connectivity index (χ1) is 16.4. The van der Waals surface area contributed by atoms with Crippen LogP contribution in [0.4, 0.5) is 29.3 Å². The topological polar surface area (TPSA) is 87.2 Å². The molecule has 4 rings (SSSR count). The van der Waals surface area contributed by atoms with E-state index in [4.69, 9.17) is 9.57 Å². The molecule has 1 aromatic heterocycles. The van der Waals surface area contributed by atoms with Gasteiger partial charge >= 0.3 is 12.5 Å². The summed E-state index contributed by atoms with van der Waals surface area (Å²) in [6, 6.07) is 8.23. The summed E-state index contributed by atoms with van der Waals surface area (Å²) in [5, 5.41) is 3.84. The number of carbonyl (C=O) groups excluding carboxylic acids is 2. The number of benzene rings is 1. The summed E-state index contributed by atoms with van der Waals surface area (Å²) in [6.45, 7) is 2.32. The van der Waals surface area contributed by atoms with Crippen molar-refractivity contribution in [1.29, 1.82) is 0 Å². The molecule has 34 heavy (non-hydrogen) atoms. The molecule has 9 nitrogen and oxygen atoms in total. The first kappa shape index (κ1) is 23.8. The molecule has 182 valence electrons. The first-order valence-electron chi connectivity index (χ1n) is 10.8. The number of rotatable bonds is 7. The molecule has 0 unspecified atom stereocenters. The summed E-state index contributed by atoms with van der Waals surface area (Å²) in [4.78, 5) is 36.1. The van der Waals surface area contributed by atoms with Gasteiger partial charge in [-0.15, -0.1) is 0 Å². The molecule has 2 amide bonds. The van der Waals surface area contributed by atoms with Gasteiger partial charge in [-0.1, -0.05) is 0 Å². The Labute approximate surface area is 194 Å². The van der Waals surface area contributed by atoms with Crippen LogP contribution >= 0.6 is 0 Å². The number of pyridine rings is 1. The number of hydrogen-bond acceptors (Lipinski definition) is 7. The second-order valence-electron chi connectivity index (χ2n) is 7.84. The highest BCUT2D eigenvalue weighted by Gasteiger charge is 2.33. The van der Waals surface area contributed by atoms with Crippen molar-refractivity contribution in [3.63, 3.8) is 0 Å². The SMILES string of the molecule is O=C(NC[C@H]1CN(c2ccc(N3CCON(Cc4ccncc4)CC3)c(F)c2)C(=O)O1)C(F)F. The van der Waals surface area contributed by atoms with E-state index in [2.05, 4.69) is 4.98 Å². The molecule has 0 bridgehead atoms. The molecule has 2 saturated heterocycles. The first-order valence-corrected chi connectivity index (χ1v) is 10.8. The van der Waals surface area contributed by atoms with Crippen molar-refractivity contribution < 1.29 is 32.3 Å². The van der Waals surface area contributed by atoms with E-state index in [9.17, 15) is 18.4 Å². The molecule has 1 aromatic carbocycles. The molecule has 0 saturated carbocycles. The van der Waals surface area contributed by atoms with E-state index in [1.807, 2.05) is 27.4 Å². The molecule has 0 spiro atoms. The van der Waals surface area contributed by atoms with Crippen LogP contribution in [-0.2, 0) is 20.9 Å². The molecule has 2 aliphatic heterocycles. The molecular weight excluding hydrogens is 455 g/mol. The van der Waals surface area contributed by atoms with Gasteiger partial charge in [-0.2, -0.15) is 13.8 Å². The molecular formula is C22H24F3N5O4. The van der Waals surface area contributed by atoms with E-state index in [-0.39, 0.29) is 18.8 Å². The highest BCUT2D eigenvalue weighted by atomic mass is 19.3. The lowest BCUT2D eigenvalue weighted by molar-refractivity contribution is -0.154. The highest BCUT2D eigenvalue weighted by molar-refractivity contribution is 5.90. The number of hydrogen-bond donors (Lipinski definition) is 1. The Morgan fingerprint density at radius 2 is 1.97 bits per heavy atom. The summed E-state index contributed by atoms with van der Waals surface area (Å²) < 4.78 is 44.7. The van der Waals surface area contributed by atoms with Crippen LogP contribution in [0.25, 0.3) is 0 Å². The van der Waals surface area contributed by atoms with E-state index in [0.717, 1.165) is 5.56 Å². The van der Waals surface area contributed by atoms with Gasteiger partial charge in [-0.05, 0) is 35.9 Å². The number of hydroxylamine groups is 2. The Morgan fingerprint density at radius 3 is 2.71 bits per heavy atom. The quantitative estimate of drug-likeness (QED) is 0.652. The van der Waals surface area contributed by atoms with Crippen molar-refractivity contribution in [3.8, 4) is 0 Å². The number of nitrogens with zero attached hydrogens (tertiary/aromatic N) is 4. The minimum atomic E-state index is -3.15. The maximum absolute atomic E-state index is 15.0. The van der Waals surface area contributed by atoms with Crippen molar-refractivity contribution in [2.45, 2.75) is 19.1 Å². The third-order valence-corrected chi connectivity index (χ3v) is 5.52. The maximum Gasteiger partial charge on any atom is 0.414 e. The lowest BCUT2D eigenvalue weighted by Gasteiger charge is -2.24. The molecule has 2 aliphatic rings. The summed E-state index contributed by atoms with van der Waals surface area (Å²) in [7, 11) is 0. The average molecular weight is 479 g/mol. The zero-order valence-corrected chi connectivity index (χ0v) is 18.2. The normalized spacial score (nSPS) is 19.3. The van der Waals surface area contributed by atoms with Crippen molar-refractivity contribution in [1.82, 2.24) is 15.4 Å². The van der Waals surface area contributed by atoms with Gasteiger partial charge in [0.1, 0.15) is 11.9 Å². The number of anilines is 2. The molecule has 2 fully saturated rings. The summed E-state index contributed by atoms with van der Waals surface area (Å²) >= 11 is 0. The minimum absolute atomic E-state index is 0.00264. The van der Waals surface area contributed by atoms with Gasteiger partial charge in [0.25, 0.3) is 5.91 Å². The van der Waals surface area contributed by atoms with Crippen molar-refractivity contribution in [2.75, 3.05) is 49.1 Å². The van der Waals surface area contributed by atoms with Crippen LogP contribution in [0.15, 0.2) is 42.7 Å². The minimum Gasteiger partial charge on any atom is -0.442 e. The zero-order chi connectivity index (χ0) is 24.1. The summed E-state index contributed by atoms with van der Waals surface area (Å²) in [5.74, 6) is -1.95. The van der Waals surface area contributed by atoms with Gasteiger partial charge in [-0.3, -0.25) is 19.5 Å². The predicted molar refractivity (Wildman–Crippen MR) is 116 cm³/mol. The second kappa shape index (κ2) is 10.7. The van der Waals surface area contributed by atoms with Gasteiger partial charge in [-0.25, -0.2) is 9.18 Å². The fraction of sp³-hybridized carbons (Fsp3) is 0.409. The summed E-state index contributed by atoms with van der Waals surface area (Å²) in [5.41, 5.74) is 1.72. The Hall–Kier alpha value is -3.38. The average Bonchev–Trinajstić information content (AvgIpc) is 3.04. The van der Waals surface area contributed by atoms with Crippen LogP contribution in [0, 0.1) is 5.82 Å². The number of carbonyl (C=O) groups is 2. The van der Waals surface area contributed by atoms with Crippen LogP contribution in [0.1, 0.15) is 5.56 Å². The standard InChI is InChI=1S/C22H24F3N5O4/c23-18-11-16(30-14-17(34-22(30)32)12-27-21(31)20(24)25)1-2-19(18)28-7-8-29(33-10-9-28)13-15-3-5-26-6-4-15/h1-6,11,17,20H,7-10,12-14H2,(H,27,31)/t17-/m0/s1. The van der Waals surface area contributed by atoms with Crippen molar-refractivity contribution in [3.05, 3.63) is 54.1 Å². The van der Waals surface area contributed by atoms with E-state index < -0.39 is 30.3 Å². The molecule has 3 heterocycles. The Bertz CT molecular complexity index is 1010. The third kappa shape index (κ3) is 5.75. The van der Waals surface area contributed by atoms with E-state index >= 15 is 4.39 Å². The predicted octanol–water partition coefficient (Wildman–Crippen LogP) is 2.18. The Morgan fingerprint density at radius 1 is 1.18 bits per heavy atom. The van der Waals surface area contributed by atoms with E-state index in [1.165, 1.54) is 11.0 Å². The van der Waals surface area contributed by atoms with Gasteiger partial charge < -0.3 is 15.0 Å². The lowest BCUT2D eigenvalue weighted by Crippen LogP contribution is -2.37. The zero-order valence-electron chi connectivity index (χ0n) is 18.2. The Kier molecular flexibility index (Phi) is 7.48. The second-order valence-corrected chi connectivity index (χ2v) is 7.84. The molecule has 0 aliphatic carbocycles. The number of nitrogens with one attached hydrogen (secondary N) is 1. The number of cyclic esters (lactones) is 1. The van der Waals surface area contributed by atoms with E-state index in [1.54, 1.807) is 24.5 Å². The lowest BCUT2D eigenvalue weighted by atomic mass is 10.2. The fourth-order valence-electron chi connectivity index (χ4n) is 3.80. The van der Waals surface area contributed by atoms with Crippen LogP contribution in [0.5, 0.6) is 0 Å². The smallest absolute Gasteiger partial charge is 0.414 e. The van der Waals surface area contributed by atoms with Crippen molar-refractivity contribution in [2.24, 2.45) is 0 Å². The monoisotopic (exact) mass is 479 g/mol. The molecule has 0 radical (unpaired) electrons. The van der Waals surface area contributed by atoms with Gasteiger partial charge in [0.2, 0.25) is 0 Å². The summed E-state index contributed by atoms with van der Waals surface area (Å²) in [6.07, 6.45) is -1.27.